The van der Waals surface area contributed by atoms with Crippen LogP contribution >= 0.6 is 0 Å². The Labute approximate surface area is 180 Å². The Morgan fingerprint density at radius 1 is 1.19 bits per heavy atom. The van der Waals surface area contributed by atoms with E-state index >= 15 is 0 Å². The van der Waals surface area contributed by atoms with Gasteiger partial charge in [0.15, 0.2) is 0 Å². The zero-order valence-corrected chi connectivity index (χ0v) is 18.7. The summed E-state index contributed by atoms with van der Waals surface area (Å²) < 4.78 is 15.8. The smallest absolute Gasteiger partial charge is 0.226 e. The van der Waals surface area contributed by atoms with E-state index in [2.05, 4.69) is 10.6 Å². The van der Waals surface area contributed by atoms with Crippen molar-refractivity contribution in [3.63, 3.8) is 0 Å². The average Bonchev–Trinajstić information content (AvgIpc) is 2.60. The maximum atomic E-state index is 12.4. The van der Waals surface area contributed by atoms with Crippen molar-refractivity contribution in [2.24, 2.45) is 5.41 Å². The van der Waals surface area contributed by atoms with Crippen molar-refractivity contribution < 1.29 is 54.7 Å². The van der Waals surface area contributed by atoms with E-state index in [-0.39, 0.29) is 70.5 Å². The molecular formula is C17H34N3O6Sc-. The van der Waals surface area contributed by atoms with E-state index in [1.807, 2.05) is 0 Å². The monoisotopic (exact) mass is 421 g/mol. The molecule has 0 spiro atoms. The van der Waals surface area contributed by atoms with Crippen LogP contribution in [0.1, 0.15) is 33.1 Å². The molecule has 2 amide bonds. The molecule has 0 aromatic rings. The van der Waals surface area contributed by atoms with Crippen molar-refractivity contribution in [3.05, 3.63) is 5.73 Å². The maximum absolute atomic E-state index is 12.4. The number of carbonyl (C=O) groups excluding carboxylic acids is 2. The Morgan fingerprint density at radius 3 is 2.30 bits per heavy atom. The minimum Gasteiger partial charge on any atom is -0.652 e. The molecule has 2 atom stereocenters. The van der Waals surface area contributed by atoms with Gasteiger partial charge in [-0.15, -0.1) is 0 Å². The van der Waals surface area contributed by atoms with Crippen LogP contribution in [0.3, 0.4) is 0 Å². The molecule has 2 unspecified atom stereocenters. The van der Waals surface area contributed by atoms with Crippen molar-refractivity contribution in [3.8, 4) is 0 Å². The molecule has 9 nitrogen and oxygen atoms in total. The number of rotatable bonds is 15. The number of hydrogen-bond acceptors (Lipinski definition) is 6. The summed E-state index contributed by atoms with van der Waals surface area (Å²) in [5.74, 6) is -0.322. The average molecular weight is 421 g/mol. The fourth-order valence-corrected chi connectivity index (χ4v) is 1.95. The molecule has 0 aromatic heterocycles. The molecular weight excluding hydrogens is 387 g/mol. The van der Waals surface area contributed by atoms with Crippen LogP contribution in [-0.4, -0.2) is 76.4 Å². The molecule has 4 N–H and O–H groups in total. The SMILES string of the molecule is CNC(=O)CCOCC(COCCC([NH-])OC)NC(=O)C(C)(C)CCO.[Sc]. The first-order valence-corrected chi connectivity index (χ1v) is 8.78. The van der Waals surface area contributed by atoms with E-state index < -0.39 is 17.7 Å². The van der Waals surface area contributed by atoms with E-state index in [0.29, 0.717) is 19.4 Å². The number of ether oxygens (including phenoxy) is 3. The number of hydrogen-bond donors (Lipinski definition) is 3. The Balaban J connectivity index is 0. The number of aliphatic hydroxyl groups is 1. The Hall–Kier alpha value is -0.390. The van der Waals surface area contributed by atoms with Gasteiger partial charge in [0.1, 0.15) is 0 Å². The normalized spacial score (nSPS) is 13.4. The van der Waals surface area contributed by atoms with Crippen LogP contribution in [0.5, 0.6) is 0 Å². The summed E-state index contributed by atoms with van der Waals surface area (Å²) in [7, 11) is 3.02. The molecule has 0 aromatic carbocycles. The molecule has 0 saturated heterocycles. The van der Waals surface area contributed by atoms with Crippen molar-refractivity contribution >= 4 is 11.8 Å². The second-order valence-electron chi connectivity index (χ2n) is 6.61. The molecule has 0 rings (SSSR count). The second-order valence-corrected chi connectivity index (χ2v) is 6.61. The zero-order valence-electron chi connectivity index (χ0n) is 16.9. The standard InChI is InChI=1S/C17H34N3O6.Sc/c1-17(2,7-8-21)16(23)20-13(11-25-9-5-14(18)24-4)12-26-10-6-15(22)19-3;/h13-14,18,21H,5-12H2,1-4H3,(H,19,22)(H,20,23);/q-1;. The van der Waals surface area contributed by atoms with Gasteiger partial charge in [-0.2, -0.15) is 0 Å². The van der Waals surface area contributed by atoms with Gasteiger partial charge in [-0.25, -0.2) is 0 Å². The molecule has 0 aliphatic carbocycles. The third-order valence-electron chi connectivity index (χ3n) is 3.89. The topological polar surface area (TPSA) is 130 Å². The number of aliphatic hydroxyl groups excluding tert-OH is 1. The second kappa shape index (κ2) is 16.6. The van der Waals surface area contributed by atoms with Crippen molar-refractivity contribution in [1.82, 2.24) is 10.6 Å². The summed E-state index contributed by atoms with van der Waals surface area (Å²) in [5, 5.41) is 14.5. The first kappa shape index (κ1) is 28.8. The number of carbonyl (C=O) groups is 2. The van der Waals surface area contributed by atoms with Crippen molar-refractivity contribution in [2.45, 2.75) is 45.4 Å². The first-order valence-electron chi connectivity index (χ1n) is 8.78. The Morgan fingerprint density at radius 2 is 1.78 bits per heavy atom. The third-order valence-corrected chi connectivity index (χ3v) is 3.89. The van der Waals surface area contributed by atoms with Gasteiger partial charge in [0.25, 0.3) is 0 Å². The van der Waals surface area contributed by atoms with Gasteiger partial charge in [-0.3, -0.25) is 9.59 Å². The predicted molar refractivity (Wildman–Crippen MR) is 97.5 cm³/mol. The quantitative estimate of drug-likeness (QED) is 0.330. The number of nitrogens with one attached hydrogen (secondary N) is 3. The van der Waals surface area contributed by atoms with Crippen LogP contribution in [0, 0.1) is 5.41 Å². The first-order chi connectivity index (χ1) is 12.3. The molecule has 1 radical (unpaired) electrons. The molecule has 0 fully saturated rings. The van der Waals surface area contributed by atoms with E-state index in [1.165, 1.54) is 7.11 Å². The predicted octanol–water partition coefficient (Wildman–Crippen LogP) is 0.461. The third kappa shape index (κ3) is 14.3. The molecule has 0 heterocycles. The Bertz CT molecular complexity index is 412. The molecule has 0 aliphatic rings. The van der Waals surface area contributed by atoms with Gasteiger partial charge in [-0.05, 0) is 19.1 Å². The molecule has 0 bridgehead atoms. The van der Waals surface area contributed by atoms with Gasteiger partial charge in [0, 0.05) is 65.1 Å². The van der Waals surface area contributed by atoms with Crippen molar-refractivity contribution in [2.75, 3.05) is 47.2 Å². The van der Waals surface area contributed by atoms with Gasteiger partial charge in [0.2, 0.25) is 11.8 Å². The van der Waals surface area contributed by atoms with E-state index in [0.717, 1.165) is 0 Å². The number of methoxy groups -OCH3 is 1. The molecule has 27 heavy (non-hydrogen) atoms. The van der Waals surface area contributed by atoms with Crippen LogP contribution in [0.4, 0.5) is 0 Å². The van der Waals surface area contributed by atoms with Crippen LogP contribution < -0.4 is 10.6 Å². The van der Waals surface area contributed by atoms with E-state index in [1.54, 1.807) is 20.9 Å². The molecule has 0 saturated carbocycles. The largest absolute Gasteiger partial charge is 0.652 e. The molecule has 10 heteroatoms. The summed E-state index contributed by atoms with van der Waals surface area (Å²) >= 11 is 0. The summed E-state index contributed by atoms with van der Waals surface area (Å²) in [6, 6.07) is -0.392. The Kier molecular flexibility index (Phi) is 17.7. The van der Waals surface area contributed by atoms with Crippen LogP contribution in [-0.2, 0) is 49.6 Å². The summed E-state index contributed by atoms with van der Waals surface area (Å²) in [5.41, 5.74) is 6.77. The minimum atomic E-state index is -0.711. The van der Waals surface area contributed by atoms with Gasteiger partial charge in [0.05, 0.1) is 25.9 Å². The van der Waals surface area contributed by atoms with Gasteiger partial charge in [-0.1, -0.05) is 13.8 Å². The summed E-state index contributed by atoms with van der Waals surface area (Å²) in [6.07, 6.45) is 0.362. The van der Waals surface area contributed by atoms with Gasteiger partial charge < -0.3 is 35.7 Å². The summed E-state index contributed by atoms with van der Waals surface area (Å²) in [6.45, 7) is 4.42. The van der Waals surface area contributed by atoms with Crippen LogP contribution in [0.2, 0.25) is 0 Å². The maximum Gasteiger partial charge on any atom is 0.226 e. The number of amides is 2. The fourth-order valence-electron chi connectivity index (χ4n) is 1.95. The van der Waals surface area contributed by atoms with Crippen molar-refractivity contribution in [1.29, 1.82) is 0 Å². The van der Waals surface area contributed by atoms with E-state index in [9.17, 15) is 9.59 Å². The van der Waals surface area contributed by atoms with E-state index in [4.69, 9.17) is 25.1 Å². The fraction of sp³-hybridized carbons (Fsp3) is 0.882. The minimum absolute atomic E-state index is 0. The zero-order chi connectivity index (χ0) is 20.0. The summed E-state index contributed by atoms with van der Waals surface area (Å²) in [4.78, 5) is 23.6. The van der Waals surface area contributed by atoms with Gasteiger partial charge >= 0.3 is 0 Å². The molecule has 157 valence electrons. The van der Waals surface area contributed by atoms with Crippen LogP contribution in [0.25, 0.3) is 5.73 Å². The van der Waals surface area contributed by atoms with Crippen LogP contribution in [0.15, 0.2) is 0 Å². The molecule has 0 aliphatic heterocycles.